The fraction of sp³-hybridized carbons (Fsp3) is 0.500. The smallest absolute Gasteiger partial charge is 0.251 e. The van der Waals surface area contributed by atoms with E-state index in [0.29, 0.717) is 11.4 Å². The lowest BCUT2D eigenvalue weighted by Crippen LogP contribution is -2.35. The van der Waals surface area contributed by atoms with E-state index in [1.807, 2.05) is 0 Å². The molecule has 1 rings (SSSR count). The number of ether oxygens (including phenoxy) is 1. The summed E-state index contributed by atoms with van der Waals surface area (Å²) in [6.45, 7) is -0.171. The Kier molecular flexibility index (Phi) is 5.80. The molecule has 1 unspecified atom stereocenters. The summed E-state index contributed by atoms with van der Waals surface area (Å²) >= 11 is 0. The Morgan fingerprint density at radius 3 is 2.44 bits per heavy atom. The van der Waals surface area contributed by atoms with Crippen molar-refractivity contribution in [3.05, 3.63) is 24.3 Å². The Bertz CT molecular complexity index is 346. The van der Waals surface area contributed by atoms with Crippen molar-refractivity contribution in [2.75, 3.05) is 32.5 Å². The highest BCUT2D eigenvalue weighted by Crippen LogP contribution is 2.13. The van der Waals surface area contributed by atoms with Gasteiger partial charge in [0.1, 0.15) is 18.5 Å². The monoisotopic (exact) mass is 260 g/mol. The van der Waals surface area contributed by atoms with Gasteiger partial charge in [-0.2, -0.15) is 0 Å². The number of benzene rings is 1. The molecular weight excluding hydrogens is 242 g/mol. The largest absolute Gasteiger partial charge is 0.491 e. The average Bonchev–Trinajstić information content (AvgIpc) is 2.27. The molecular formula is C12H18F2N2O2. The van der Waals surface area contributed by atoms with Crippen molar-refractivity contribution in [1.82, 2.24) is 4.90 Å². The van der Waals surface area contributed by atoms with Crippen molar-refractivity contribution in [3.63, 3.8) is 0 Å². The van der Waals surface area contributed by atoms with Crippen LogP contribution in [-0.2, 0) is 0 Å². The Morgan fingerprint density at radius 2 is 1.89 bits per heavy atom. The molecule has 1 aromatic rings. The first kappa shape index (κ1) is 14.7. The molecule has 1 atom stereocenters. The van der Waals surface area contributed by atoms with E-state index < -0.39 is 12.5 Å². The van der Waals surface area contributed by atoms with Gasteiger partial charge < -0.3 is 15.6 Å². The number of aliphatic hydroxyl groups is 1. The molecule has 0 saturated carbocycles. The molecule has 4 nitrogen and oxygen atoms in total. The Morgan fingerprint density at radius 1 is 1.28 bits per heavy atom. The third-order valence-electron chi connectivity index (χ3n) is 2.29. The number of alkyl halides is 2. The normalized spacial score (nSPS) is 13.0. The summed E-state index contributed by atoms with van der Waals surface area (Å²) in [4.78, 5) is 1.36. The second kappa shape index (κ2) is 7.13. The van der Waals surface area contributed by atoms with Crippen LogP contribution in [-0.4, -0.2) is 49.3 Å². The zero-order valence-electron chi connectivity index (χ0n) is 10.2. The first-order chi connectivity index (χ1) is 8.47. The summed E-state index contributed by atoms with van der Waals surface area (Å²) in [5.74, 6) is 0.583. The molecule has 0 aromatic heterocycles. The van der Waals surface area contributed by atoms with E-state index in [1.165, 1.54) is 11.9 Å². The van der Waals surface area contributed by atoms with Gasteiger partial charge in [0.15, 0.2) is 0 Å². The topological polar surface area (TPSA) is 58.7 Å². The molecule has 0 radical (unpaired) electrons. The second-order valence-corrected chi connectivity index (χ2v) is 4.15. The summed E-state index contributed by atoms with van der Waals surface area (Å²) in [5.41, 5.74) is 6.14. The van der Waals surface area contributed by atoms with Crippen LogP contribution in [0.5, 0.6) is 5.75 Å². The van der Waals surface area contributed by atoms with Crippen molar-refractivity contribution in [2.45, 2.75) is 12.5 Å². The highest BCUT2D eigenvalue weighted by atomic mass is 19.3. The Hall–Kier alpha value is -1.40. The minimum atomic E-state index is -2.40. The number of nitrogens with two attached hydrogens (primary N) is 1. The van der Waals surface area contributed by atoms with Crippen LogP contribution in [0, 0.1) is 0 Å². The Balaban J connectivity index is 2.28. The molecule has 6 heteroatoms. The van der Waals surface area contributed by atoms with E-state index in [1.54, 1.807) is 24.3 Å². The molecule has 0 aliphatic heterocycles. The first-order valence-corrected chi connectivity index (χ1v) is 5.60. The van der Waals surface area contributed by atoms with Crippen molar-refractivity contribution in [3.8, 4) is 5.75 Å². The maximum atomic E-state index is 12.1. The van der Waals surface area contributed by atoms with E-state index in [9.17, 15) is 13.9 Å². The molecule has 102 valence electrons. The van der Waals surface area contributed by atoms with Gasteiger partial charge in [0.05, 0.1) is 6.54 Å². The van der Waals surface area contributed by atoms with Crippen LogP contribution >= 0.6 is 0 Å². The summed E-state index contributed by atoms with van der Waals surface area (Å²) < 4.78 is 29.4. The number of aliphatic hydroxyl groups excluding tert-OH is 1. The molecule has 18 heavy (non-hydrogen) atoms. The summed E-state index contributed by atoms with van der Waals surface area (Å²) in [7, 11) is 1.53. The molecule has 0 saturated heterocycles. The third kappa shape index (κ3) is 5.79. The number of anilines is 1. The number of nitrogens with zero attached hydrogens (tertiary/aromatic N) is 1. The molecule has 3 N–H and O–H groups in total. The van der Waals surface area contributed by atoms with Gasteiger partial charge in [-0.3, -0.25) is 4.90 Å². The molecule has 0 aliphatic carbocycles. The molecule has 0 bridgehead atoms. The number of halogens is 2. The van der Waals surface area contributed by atoms with Gasteiger partial charge in [-0.1, -0.05) is 0 Å². The minimum absolute atomic E-state index is 0.0531. The molecule has 0 aliphatic rings. The molecule has 0 fully saturated rings. The van der Waals surface area contributed by atoms with E-state index in [2.05, 4.69) is 0 Å². The maximum Gasteiger partial charge on any atom is 0.251 e. The lowest BCUT2D eigenvalue weighted by molar-refractivity contribution is 0.0473. The summed E-state index contributed by atoms with van der Waals surface area (Å²) in [6, 6.07) is 6.74. The quantitative estimate of drug-likeness (QED) is 0.723. The lowest BCUT2D eigenvalue weighted by Gasteiger charge is -2.20. The van der Waals surface area contributed by atoms with Gasteiger partial charge in [-0.25, -0.2) is 8.78 Å². The highest BCUT2D eigenvalue weighted by molar-refractivity contribution is 5.41. The van der Waals surface area contributed by atoms with Gasteiger partial charge in [-0.05, 0) is 31.3 Å². The lowest BCUT2D eigenvalue weighted by atomic mass is 10.3. The number of nitrogen functional groups attached to an aromatic ring is 1. The van der Waals surface area contributed by atoms with Crippen LogP contribution in [0.1, 0.15) is 0 Å². The zero-order valence-corrected chi connectivity index (χ0v) is 10.2. The van der Waals surface area contributed by atoms with E-state index in [4.69, 9.17) is 10.5 Å². The van der Waals surface area contributed by atoms with E-state index in [-0.39, 0.29) is 19.7 Å². The van der Waals surface area contributed by atoms with Crippen LogP contribution < -0.4 is 10.5 Å². The zero-order chi connectivity index (χ0) is 13.5. The van der Waals surface area contributed by atoms with Gasteiger partial charge >= 0.3 is 0 Å². The van der Waals surface area contributed by atoms with Crippen molar-refractivity contribution in [1.29, 1.82) is 0 Å². The van der Waals surface area contributed by atoms with Crippen LogP contribution in [0.3, 0.4) is 0 Å². The fourth-order valence-corrected chi connectivity index (χ4v) is 1.48. The molecule has 1 aromatic carbocycles. The number of hydrogen-bond acceptors (Lipinski definition) is 4. The summed E-state index contributed by atoms with van der Waals surface area (Å²) in [5, 5.41) is 9.61. The molecule has 0 amide bonds. The second-order valence-electron chi connectivity index (χ2n) is 4.15. The van der Waals surface area contributed by atoms with Gasteiger partial charge in [0.2, 0.25) is 0 Å². The van der Waals surface area contributed by atoms with Crippen LogP contribution in [0.4, 0.5) is 14.5 Å². The third-order valence-corrected chi connectivity index (χ3v) is 2.29. The molecule has 0 spiro atoms. The van der Waals surface area contributed by atoms with Crippen LogP contribution in [0.15, 0.2) is 24.3 Å². The number of likely N-dealkylation sites (N-methyl/N-ethyl adjacent to an activating group) is 1. The maximum absolute atomic E-state index is 12.1. The van der Waals surface area contributed by atoms with Crippen molar-refractivity contribution in [2.24, 2.45) is 0 Å². The highest BCUT2D eigenvalue weighted by Gasteiger charge is 2.12. The van der Waals surface area contributed by atoms with Crippen LogP contribution in [0.2, 0.25) is 0 Å². The molecule has 0 heterocycles. The predicted molar refractivity (Wildman–Crippen MR) is 65.9 cm³/mol. The van der Waals surface area contributed by atoms with Crippen molar-refractivity contribution >= 4 is 5.69 Å². The Labute approximate surface area is 105 Å². The standard InChI is InChI=1S/C12H18F2N2O2/c1-16(7-12(13)14)6-10(17)8-18-11-4-2-9(15)3-5-11/h2-5,10,12,17H,6-8,15H2,1H3. The average molecular weight is 260 g/mol. The van der Waals surface area contributed by atoms with E-state index >= 15 is 0 Å². The minimum Gasteiger partial charge on any atom is -0.491 e. The first-order valence-electron chi connectivity index (χ1n) is 5.60. The van der Waals surface area contributed by atoms with Crippen molar-refractivity contribution < 1.29 is 18.6 Å². The predicted octanol–water partition coefficient (Wildman–Crippen LogP) is 1.21. The van der Waals surface area contributed by atoms with Gasteiger partial charge in [0, 0.05) is 12.2 Å². The van der Waals surface area contributed by atoms with Gasteiger partial charge in [0.25, 0.3) is 6.43 Å². The van der Waals surface area contributed by atoms with Gasteiger partial charge in [-0.15, -0.1) is 0 Å². The fourth-order valence-electron chi connectivity index (χ4n) is 1.48. The summed E-state index contributed by atoms with van der Waals surface area (Å²) in [6.07, 6.45) is -3.22. The number of hydrogen-bond donors (Lipinski definition) is 2. The van der Waals surface area contributed by atoms with E-state index in [0.717, 1.165) is 0 Å². The number of rotatable bonds is 7. The van der Waals surface area contributed by atoms with Crippen LogP contribution in [0.25, 0.3) is 0 Å². The SMILES string of the molecule is CN(CC(F)F)CC(O)COc1ccc(N)cc1.